The Labute approximate surface area is 645 Å². The second kappa shape index (κ2) is 48.4. The molecule has 3 spiro atoms. The Kier molecular flexibility index (Phi) is 45.6. The van der Waals surface area contributed by atoms with Gasteiger partial charge in [-0.1, -0.05) is 261 Å². The number of benzene rings is 7. The maximum absolute atomic E-state index is 11.4. The molecule has 3 aliphatic carbocycles. The molecule has 0 unspecified atom stereocenters. The Morgan fingerprint density at radius 1 is 0.424 bits per heavy atom. The molecule has 4 radical (unpaired) electrons. The summed E-state index contributed by atoms with van der Waals surface area (Å²) >= 11 is 14.5. The number of alkyl halides is 2. The van der Waals surface area contributed by atoms with Crippen molar-refractivity contribution < 1.29 is 38.4 Å². The molecule has 0 bridgehead atoms. The molecule has 3 N–H and O–H groups in total. The molecule has 3 fully saturated rings. The topological polar surface area (TPSA) is 93.1 Å². The monoisotopic (exact) mass is 1580 g/mol. The molecule has 7 nitrogen and oxygen atoms in total. The van der Waals surface area contributed by atoms with Gasteiger partial charge in [0.15, 0.2) is 11.6 Å². The van der Waals surface area contributed by atoms with Crippen molar-refractivity contribution in [2.45, 2.75) is 222 Å². The number of carbonyl (C=O) groups is 2. The van der Waals surface area contributed by atoms with Crippen LogP contribution in [0.2, 0.25) is 0 Å². The number of piperidine rings is 3. The van der Waals surface area contributed by atoms with Crippen LogP contribution in [-0.4, -0.2) is 79.3 Å². The third-order valence-electron chi connectivity index (χ3n) is 19.6. The third-order valence-corrected chi connectivity index (χ3v) is 20.8. The number of rotatable bonds is 10. The summed E-state index contributed by atoms with van der Waals surface area (Å²) in [6.07, 6.45) is 11.7. The third kappa shape index (κ3) is 26.2. The van der Waals surface area contributed by atoms with Gasteiger partial charge in [0.05, 0.1) is 13.2 Å². The van der Waals surface area contributed by atoms with Crippen molar-refractivity contribution >= 4 is 91.5 Å². The quantitative estimate of drug-likeness (QED) is 0.0536. The fraction of sp³-hybridized carbons (Fsp3) is 0.476. The average molecular weight is 1580 g/mol. The van der Waals surface area contributed by atoms with E-state index < -0.39 is 0 Å². The van der Waals surface area contributed by atoms with E-state index in [9.17, 15) is 9.59 Å². The van der Waals surface area contributed by atoms with Crippen molar-refractivity contribution in [3.63, 3.8) is 0 Å². The number of hydrogen-bond donors (Lipinski definition) is 3. The number of aliphatic hydroxyl groups is 2. The second-order valence-electron chi connectivity index (χ2n) is 25.7. The molecule has 6 aliphatic rings. The van der Waals surface area contributed by atoms with Crippen molar-refractivity contribution in [1.29, 1.82) is 0 Å². The minimum absolute atomic E-state index is 0. The van der Waals surface area contributed by atoms with Gasteiger partial charge in [-0.15, -0.1) is 0 Å². The minimum atomic E-state index is 0. The zero-order valence-corrected chi connectivity index (χ0v) is 71.0. The summed E-state index contributed by atoms with van der Waals surface area (Å²) in [5.74, 6) is 0.256. The molecule has 99 heavy (non-hydrogen) atoms. The van der Waals surface area contributed by atoms with E-state index >= 15 is 0 Å². The molecule has 3 heterocycles. The van der Waals surface area contributed by atoms with E-state index in [1.165, 1.54) is 153 Å². The van der Waals surface area contributed by atoms with Gasteiger partial charge in [0.2, 0.25) is 0 Å². The van der Waals surface area contributed by atoms with Crippen LogP contribution < -0.4 is 5.32 Å². The zero-order valence-electron chi connectivity index (χ0n) is 62.8. The number of fused-ring (bicyclic) bond motifs is 6. The standard InChI is InChI=1S/C23H27NO.C22H27NO.C14H19N.C9H9BrO.C8H9BrO.4C2H6.B.2HPS.V/c1-16-12-17(2)21-14-23(22(21)13-16)8-10-24(11-9-23)15-19-4-6-20(7-5-19)18(3)25;1-16-11-17(2)20-13-22(21(20)12-16)7-9-23(10-8-22)14-18-3-5-19(15-24)6-4-18;1-10-7-11(2)12-9-14(13(12)8-10)3-5-15-6-4-14;1-7(11)9-4-2-8(6-10)3-5-9;9-5-7-1-3-8(6-10)4-2-7;4*1-2;;2*1-2;/h4-7,12-13H,8-11,14-15H2,1-3H3;3-6,11-12,24H,7-10,13-15H2,1-2H3;7-8,15H,3-6,9H2,1-2H3;2-5H,6H2,1H3;1-4,10H,5-6H2;4*1-2H3;;2*1H;. The fourth-order valence-electron chi connectivity index (χ4n) is 14.3. The predicted octanol–water partition coefficient (Wildman–Crippen LogP) is 20.7. The Balaban J connectivity index is 0.000000614. The first-order valence-electron chi connectivity index (χ1n) is 35.5. The number of hydrogen-bond acceptors (Lipinski definition) is 9. The van der Waals surface area contributed by atoms with Crippen LogP contribution in [0.3, 0.4) is 0 Å². The number of nitrogens with one attached hydrogen (secondary N) is 1. The smallest absolute Gasteiger partial charge is 0.159 e. The first kappa shape index (κ1) is 93.3. The SMILES string of the molecule is CC.CC.CC.CC.CC(=O)c1ccc(CBr)cc1.CC(=O)c1ccc(CN2CCC3(CC2)Cc2c(C)cc(C)cc23)cc1.Cc1cc(C)c2c(c1)C1(CCN(Cc3ccc(CO)cc3)CC1)C2.Cc1cc(C)c2c(c1)C1(CCNCC1)C2.OCc1ccc(CBr)cc1.P=S.P=S.[B].[V]. The fourth-order valence-corrected chi connectivity index (χ4v) is 15.0. The molecule has 0 aromatic heterocycles. The van der Waals surface area contributed by atoms with E-state index in [0.29, 0.717) is 16.2 Å². The van der Waals surface area contributed by atoms with Gasteiger partial charge in [0, 0.05) is 78.1 Å². The van der Waals surface area contributed by atoms with Crippen molar-refractivity contribution in [2.24, 2.45) is 0 Å². The number of ketones is 2. The number of halogens is 2. The van der Waals surface area contributed by atoms with Crippen LogP contribution in [0.25, 0.3) is 0 Å². The van der Waals surface area contributed by atoms with E-state index in [0.717, 1.165) is 46.0 Å². The molecule has 15 heteroatoms. The molecule has 7 aromatic rings. The summed E-state index contributed by atoms with van der Waals surface area (Å²) in [5.41, 5.74) is 28.6. The number of aryl methyl sites for hydroxylation is 6. The van der Waals surface area contributed by atoms with Crippen molar-refractivity contribution in [3.8, 4) is 0 Å². The van der Waals surface area contributed by atoms with Crippen molar-refractivity contribution in [1.82, 2.24) is 15.1 Å². The van der Waals surface area contributed by atoms with Gasteiger partial charge >= 0.3 is 0 Å². The Hall–Kier alpha value is -3.67. The molecular weight excluding hydrogens is 1460 g/mol. The van der Waals surface area contributed by atoms with Gasteiger partial charge in [-0.05, 0) is 252 Å². The number of nitrogens with zero attached hydrogens (tertiary/aromatic N) is 2. The minimum Gasteiger partial charge on any atom is -0.392 e. The Bertz CT molecular complexity index is 3460. The van der Waals surface area contributed by atoms with E-state index in [1.54, 1.807) is 47.2 Å². The van der Waals surface area contributed by atoms with Crippen molar-refractivity contribution in [3.05, 3.63) is 245 Å². The molecule has 0 saturated carbocycles. The number of carbonyl (C=O) groups excluding carboxylic acids is 2. The summed E-state index contributed by atoms with van der Waals surface area (Å²) in [6.45, 7) is 42.1. The molecule has 13 rings (SSSR count). The summed E-state index contributed by atoms with van der Waals surface area (Å²) < 4.78 is 0. The molecule has 3 aliphatic heterocycles. The van der Waals surface area contributed by atoms with Crippen LogP contribution in [0, 0.1) is 41.5 Å². The molecule has 7 aromatic carbocycles. The molecule has 3 saturated heterocycles. The van der Waals surface area contributed by atoms with E-state index in [2.05, 4.69) is 189 Å². The predicted molar refractivity (Wildman–Crippen MR) is 440 cm³/mol. The van der Waals surface area contributed by atoms with E-state index in [-0.39, 0.29) is 51.7 Å². The van der Waals surface area contributed by atoms with Gasteiger partial charge in [0.1, 0.15) is 0 Å². The number of aliphatic hydroxyl groups excluding tert-OH is 2. The summed E-state index contributed by atoms with van der Waals surface area (Å²) in [6, 6.07) is 46.2. The van der Waals surface area contributed by atoms with E-state index in [1.807, 2.05) is 128 Å². The van der Waals surface area contributed by atoms with Gasteiger partial charge in [-0.25, -0.2) is 0 Å². The number of Topliss-reactive ketones (excluding diaryl/α,β-unsaturated/α-hetero) is 2. The first-order chi connectivity index (χ1) is 46.9. The first-order valence-corrected chi connectivity index (χ1v) is 41.0. The summed E-state index contributed by atoms with van der Waals surface area (Å²) in [7, 11) is 5.11. The summed E-state index contributed by atoms with van der Waals surface area (Å²) in [5, 5.41) is 23.0. The normalized spacial score (nSPS) is 15.1. The average Bonchev–Trinajstić information content (AvgIpc) is 0.741. The van der Waals surface area contributed by atoms with Gasteiger partial charge < -0.3 is 15.5 Å². The van der Waals surface area contributed by atoms with Crippen LogP contribution in [0.5, 0.6) is 0 Å². The maximum atomic E-state index is 11.4. The van der Waals surface area contributed by atoms with Gasteiger partial charge in [0.25, 0.3) is 0 Å². The summed E-state index contributed by atoms with van der Waals surface area (Å²) in [4.78, 5) is 27.4. The maximum Gasteiger partial charge on any atom is 0.159 e. The molecule has 0 amide bonds. The Morgan fingerprint density at radius 3 is 0.929 bits per heavy atom. The van der Waals surface area contributed by atoms with Crippen LogP contribution in [0.4, 0.5) is 0 Å². The van der Waals surface area contributed by atoms with Gasteiger partial charge in [-0.2, -0.15) is 0 Å². The van der Waals surface area contributed by atoms with Gasteiger partial charge in [-0.3, -0.25) is 19.4 Å². The van der Waals surface area contributed by atoms with Crippen molar-refractivity contribution in [2.75, 3.05) is 39.3 Å². The zero-order chi connectivity index (χ0) is 72.5. The van der Waals surface area contributed by atoms with Crippen LogP contribution in [0.1, 0.15) is 229 Å². The molecule has 536 valence electrons. The molecular formula is C84H117BBr2N3O4P2S2V. The number of likely N-dealkylation sites (tertiary alicyclic amines) is 2. The molecule has 0 atom stereocenters. The van der Waals surface area contributed by atoms with Crippen LogP contribution >= 0.6 is 47.9 Å². The largest absolute Gasteiger partial charge is 0.392 e. The van der Waals surface area contributed by atoms with Crippen LogP contribution in [-0.2, 0) is 115 Å². The Morgan fingerprint density at radius 2 is 0.667 bits per heavy atom. The van der Waals surface area contributed by atoms with Crippen LogP contribution in [0.15, 0.2) is 133 Å². The second-order valence-corrected chi connectivity index (χ2v) is 26.8. The van der Waals surface area contributed by atoms with E-state index in [4.69, 9.17) is 10.2 Å².